The highest BCUT2D eigenvalue weighted by Gasteiger charge is 2.49. The summed E-state index contributed by atoms with van der Waals surface area (Å²) >= 11 is 1.48. The van der Waals surface area contributed by atoms with Gasteiger partial charge in [0.25, 0.3) is 11.8 Å². The predicted molar refractivity (Wildman–Crippen MR) is 142 cm³/mol. The number of carbonyl (C=O) groups is 4. The predicted octanol–water partition coefficient (Wildman–Crippen LogP) is 4.62. The van der Waals surface area contributed by atoms with Crippen molar-refractivity contribution in [3.63, 3.8) is 0 Å². The molecule has 0 spiro atoms. The second kappa shape index (κ2) is 9.34. The number of hydrogen-bond acceptors (Lipinski definition) is 5. The van der Waals surface area contributed by atoms with E-state index in [1.54, 1.807) is 45.0 Å². The van der Waals surface area contributed by atoms with Crippen molar-refractivity contribution < 1.29 is 24.3 Å². The maximum Gasteiger partial charge on any atom is 0.326 e. The van der Waals surface area contributed by atoms with Gasteiger partial charge in [-0.1, -0.05) is 75.4 Å². The number of amides is 3. The van der Waals surface area contributed by atoms with Crippen molar-refractivity contribution in [2.75, 3.05) is 12.3 Å². The lowest BCUT2D eigenvalue weighted by Crippen LogP contribution is -2.58. The van der Waals surface area contributed by atoms with Crippen LogP contribution in [0.3, 0.4) is 0 Å². The average Bonchev–Trinajstić information content (AvgIpc) is 3.00. The van der Waals surface area contributed by atoms with Crippen LogP contribution in [0.15, 0.2) is 66.7 Å². The fraction of sp³-hybridized carbons (Fsp3) is 0.310. The van der Waals surface area contributed by atoms with E-state index in [4.69, 9.17) is 0 Å². The van der Waals surface area contributed by atoms with Gasteiger partial charge in [0.05, 0.1) is 11.1 Å². The third-order valence-corrected chi connectivity index (χ3v) is 8.37. The van der Waals surface area contributed by atoms with Gasteiger partial charge >= 0.3 is 5.97 Å². The summed E-state index contributed by atoms with van der Waals surface area (Å²) in [4.78, 5) is 55.7. The molecule has 3 unspecified atom stereocenters. The summed E-state index contributed by atoms with van der Waals surface area (Å²) in [5.41, 5.74) is 0.725. The van der Waals surface area contributed by atoms with Gasteiger partial charge in [0, 0.05) is 17.5 Å². The summed E-state index contributed by atoms with van der Waals surface area (Å²) < 4.78 is 0. The monoisotopic (exact) mass is 516 g/mol. The summed E-state index contributed by atoms with van der Waals surface area (Å²) in [5, 5.41) is 12.1. The molecular formula is C29H28N2O5S. The number of hydrogen-bond donors (Lipinski definition) is 1. The maximum atomic E-state index is 14.1. The maximum absolute atomic E-state index is 14.1. The van der Waals surface area contributed by atoms with Gasteiger partial charge in [0.2, 0.25) is 5.91 Å². The second-order valence-corrected chi connectivity index (χ2v) is 11.8. The van der Waals surface area contributed by atoms with Gasteiger partial charge in [0.1, 0.15) is 12.1 Å². The Hall–Kier alpha value is -3.65. The van der Waals surface area contributed by atoms with E-state index in [1.165, 1.54) is 16.7 Å². The van der Waals surface area contributed by atoms with Crippen LogP contribution in [0.1, 0.15) is 52.3 Å². The van der Waals surface area contributed by atoms with Crippen LogP contribution in [0.4, 0.5) is 0 Å². The fourth-order valence-corrected chi connectivity index (χ4v) is 6.75. The number of fused-ring (bicyclic) bond motifs is 2. The van der Waals surface area contributed by atoms with E-state index in [0.717, 1.165) is 21.2 Å². The molecule has 2 heterocycles. The number of carboxylic acid groups (broad SMARTS) is 1. The van der Waals surface area contributed by atoms with E-state index in [1.807, 2.05) is 42.5 Å². The van der Waals surface area contributed by atoms with Crippen LogP contribution < -0.4 is 0 Å². The largest absolute Gasteiger partial charge is 0.480 e. The quantitative estimate of drug-likeness (QED) is 0.509. The smallest absolute Gasteiger partial charge is 0.326 e. The van der Waals surface area contributed by atoms with Crippen molar-refractivity contribution in [1.29, 1.82) is 0 Å². The molecule has 2 aliphatic rings. The van der Waals surface area contributed by atoms with E-state index < -0.39 is 41.2 Å². The van der Waals surface area contributed by atoms with Crippen LogP contribution in [-0.4, -0.2) is 63.0 Å². The first-order chi connectivity index (χ1) is 17.6. The first-order valence-electron chi connectivity index (χ1n) is 12.2. The molecule has 3 aromatic rings. The molecule has 190 valence electrons. The van der Waals surface area contributed by atoms with E-state index in [9.17, 15) is 24.3 Å². The van der Waals surface area contributed by atoms with Gasteiger partial charge in [-0.15, -0.1) is 11.8 Å². The SMILES string of the molecule is CC(C)(C)C(C(=O)O)N1CC(c2cccc3ccccc23)SCC(N2C(=O)c3ccccc3C2=O)C1=O. The highest BCUT2D eigenvalue weighted by atomic mass is 32.2. The Kier molecular flexibility index (Phi) is 6.31. The number of thioether (sulfide) groups is 1. The van der Waals surface area contributed by atoms with E-state index in [-0.39, 0.29) is 28.7 Å². The fourth-order valence-electron chi connectivity index (χ4n) is 5.39. The molecule has 37 heavy (non-hydrogen) atoms. The van der Waals surface area contributed by atoms with Crippen molar-refractivity contribution in [2.45, 2.75) is 38.1 Å². The van der Waals surface area contributed by atoms with Crippen LogP contribution in [0, 0.1) is 5.41 Å². The molecule has 5 rings (SSSR count). The number of aliphatic carboxylic acids is 1. The van der Waals surface area contributed by atoms with Crippen LogP contribution in [0.5, 0.6) is 0 Å². The summed E-state index contributed by atoms with van der Waals surface area (Å²) in [6.45, 7) is 5.48. The first kappa shape index (κ1) is 25.0. The molecule has 0 saturated carbocycles. The van der Waals surface area contributed by atoms with Gasteiger partial charge in [-0.2, -0.15) is 0 Å². The molecule has 1 N–H and O–H groups in total. The van der Waals surface area contributed by atoms with Crippen molar-refractivity contribution in [3.05, 3.63) is 83.4 Å². The normalized spacial score (nSPS) is 21.2. The van der Waals surface area contributed by atoms with Gasteiger partial charge in [-0.05, 0) is 33.9 Å². The van der Waals surface area contributed by atoms with Gasteiger partial charge < -0.3 is 10.0 Å². The molecule has 3 atom stereocenters. The summed E-state index contributed by atoms with van der Waals surface area (Å²) in [6, 6.07) is 18.2. The minimum atomic E-state index is -1.14. The number of carboxylic acids is 1. The van der Waals surface area contributed by atoms with Gasteiger partial charge in [-0.25, -0.2) is 4.79 Å². The molecule has 0 aliphatic carbocycles. The zero-order valence-corrected chi connectivity index (χ0v) is 21.7. The number of nitrogens with zero attached hydrogens (tertiary/aromatic N) is 2. The number of rotatable bonds is 4. The Bertz CT molecular complexity index is 1390. The molecule has 7 nitrogen and oxygen atoms in total. The molecule has 3 aromatic carbocycles. The van der Waals surface area contributed by atoms with Crippen LogP contribution >= 0.6 is 11.8 Å². The Morgan fingerprint density at radius 1 is 0.919 bits per heavy atom. The third-order valence-electron chi connectivity index (χ3n) is 7.06. The minimum Gasteiger partial charge on any atom is -0.480 e. The molecule has 2 aliphatic heterocycles. The standard InChI is InChI=1S/C29H28N2O5S/c1-29(2,3)24(28(35)36)30-15-23(19-14-8-10-17-9-4-5-11-18(17)19)37-16-22(27(30)34)31-25(32)20-12-6-7-13-21(20)26(31)33/h4-14,22-24H,15-16H2,1-3H3,(H,35,36). The van der Waals surface area contributed by atoms with E-state index in [0.29, 0.717) is 0 Å². The summed E-state index contributed by atoms with van der Waals surface area (Å²) in [5.74, 6) is -2.51. The minimum absolute atomic E-state index is 0.144. The van der Waals surface area contributed by atoms with E-state index in [2.05, 4.69) is 0 Å². The van der Waals surface area contributed by atoms with Crippen molar-refractivity contribution >= 4 is 46.2 Å². The lowest BCUT2D eigenvalue weighted by atomic mass is 9.85. The molecular weight excluding hydrogens is 488 g/mol. The zero-order valence-electron chi connectivity index (χ0n) is 20.9. The van der Waals surface area contributed by atoms with E-state index >= 15 is 0 Å². The van der Waals surface area contributed by atoms with Crippen LogP contribution in [0.25, 0.3) is 10.8 Å². The summed E-state index contributed by atoms with van der Waals surface area (Å²) in [6.07, 6.45) is 0. The lowest BCUT2D eigenvalue weighted by Gasteiger charge is -2.39. The zero-order chi connectivity index (χ0) is 26.5. The third kappa shape index (κ3) is 4.29. The molecule has 1 fully saturated rings. The molecule has 0 aromatic heterocycles. The topological polar surface area (TPSA) is 95.0 Å². The van der Waals surface area contributed by atoms with Crippen molar-refractivity contribution in [2.24, 2.45) is 5.41 Å². The van der Waals surface area contributed by atoms with Gasteiger partial charge in [0.15, 0.2) is 0 Å². The molecule has 0 radical (unpaired) electrons. The number of benzene rings is 3. The van der Waals surface area contributed by atoms with Gasteiger partial charge in [-0.3, -0.25) is 19.3 Å². The number of imide groups is 1. The molecule has 3 amide bonds. The molecule has 0 bridgehead atoms. The van der Waals surface area contributed by atoms with Crippen molar-refractivity contribution in [3.8, 4) is 0 Å². The highest BCUT2D eigenvalue weighted by molar-refractivity contribution is 7.99. The Morgan fingerprint density at radius 3 is 2.14 bits per heavy atom. The lowest BCUT2D eigenvalue weighted by molar-refractivity contribution is -0.156. The summed E-state index contributed by atoms with van der Waals surface area (Å²) in [7, 11) is 0. The average molecular weight is 517 g/mol. The second-order valence-electron chi connectivity index (χ2n) is 10.5. The van der Waals surface area contributed by atoms with Crippen molar-refractivity contribution in [1.82, 2.24) is 9.80 Å². The van der Waals surface area contributed by atoms with Crippen LogP contribution in [0.2, 0.25) is 0 Å². The Morgan fingerprint density at radius 2 is 1.51 bits per heavy atom. The molecule has 1 saturated heterocycles. The first-order valence-corrected chi connectivity index (χ1v) is 13.2. The highest BCUT2D eigenvalue weighted by Crippen LogP contribution is 2.41. The Balaban J connectivity index is 1.61. The molecule has 8 heteroatoms. The van der Waals surface area contributed by atoms with Crippen LogP contribution in [-0.2, 0) is 9.59 Å². The number of carbonyl (C=O) groups excluding carboxylic acids is 3. The Labute approximate surface area is 219 Å².